The lowest BCUT2D eigenvalue weighted by atomic mass is 10.1. The van der Waals surface area contributed by atoms with E-state index in [-0.39, 0.29) is 18.3 Å². The molecule has 20 heavy (non-hydrogen) atoms. The summed E-state index contributed by atoms with van der Waals surface area (Å²) >= 11 is 0. The van der Waals surface area contributed by atoms with Crippen LogP contribution in [0.1, 0.15) is 61.9 Å². The van der Waals surface area contributed by atoms with Crippen LogP contribution < -0.4 is 0 Å². The fraction of sp³-hybridized carbons (Fsp3) is 0.562. The standard InChI is InChI=1S/C16H23FO3/c1-3-4-5-6-7-12(2)20-11-13-8-14(16(18)19)10-15(17)9-13/h8-10,12H,3-7,11H2,1-2H3,(H,18,19). The van der Waals surface area contributed by atoms with E-state index < -0.39 is 11.8 Å². The van der Waals surface area contributed by atoms with Gasteiger partial charge >= 0.3 is 5.97 Å². The van der Waals surface area contributed by atoms with E-state index in [4.69, 9.17) is 9.84 Å². The van der Waals surface area contributed by atoms with Gasteiger partial charge in [-0.25, -0.2) is 9.18 Å². The number of hydrogen-bond acceptors (Lipinski definition) is 2. The number of rotatable bonds is 9. The van der Waals surface area contributed by atoms with Crippen molar-refractivity contribution in [1.82, 2.24) is 0 Å². The Kier molecular flexibility index (Phi) is 7.23. The van der Waals surface area contributed by atoms with Crippen molar-refractivity contribution in [3.63, 3.8) is 0 Å². The summed E-state index contributed by atoms with van der Waals surface area (Å²) in [5, 5.41) is 8.87. The lowest BCUT2D eigenvalue weighted by molar-refractivity contribution is 0.0457. The molecule has 0 saturated carbocycles. The first-order valence-electron chi connectivity index (χ1n) is 7.17. The van der Waals surface area contributed by atoms with Crippen LogP contribution >= 0.6 is 0 Å². The highest BCUT2D eigenvalue weighted by Crippen LogP contribution is 2.13. The maximum Gasteiger partial charge on any atom is 0.335 e. The number of unbranched alkanes of at least 4 members (excludes halogenated alkanes) is 3. The van der Waals surface area contributed by atoms with Crippen molar-refractivity contribution < 1.29 is 19.0 Å². The smallest absolute Gasteiger partial charge is 0.335 e. The molecule has 0 fully saturated rings. The summed E-state index contributed by atoms with van der Waals surface area (Å²) in [7, 11) is 0. The van der Waals surface area contributed by atoms with Gasteiger partial charge in [-0.1, -0.05) is 32.6 Å². The summed E-state index contributed by atoms with van der Waals surface area (Å²) in [5.74, 6) is -1.67. The molecule has 0 aliphatic heterocycles. The zero-order valence-corrected chi connectivity index (χ0v) is 12.2. The van der Waals surface area contributed by atoms with Gasteiger partial charge in [0.05, 0.1) is 18.3 Å². The van der Waals surface area contributed by atoms with E-state index in [2.05, 4.69) is 6.92 Å². The molecule has 0 heterocycles. The van der Waals surface area contributed by atoms with Gasteiger partial charge in [0.2, 0.25) is 0 Å². The largest absolute Gasteiger partial charge is 0.478 e. The van der Waals surface area contributed by atoms with Crippen LogP contribution in [-0.4, -0.2) is 17.2 Å². The zero-order valence-electron chi connectivity index (χ0n) is 12.2. The second kappa shape index (κ2) is 8.69. The first-order chi connectivity index (χ1) is 9.52. The number of aromatic carboxylic acids is 1. The van der Waals surface area contributed by atoms with Crippen molar-refractivity contribution in [2.75, 3.05) is 0 Å². The molecule has 0 aliphatic carbocycles. The van der Waals surface area contributed by atoms with Crippen molar-refractivity contribution >= 4 is 5.97 Å². The molecule has 3 nitrogen and oxygen atoms in total. The van der Waals surface area contributed by atoms with E-state index >= 15 is 0 Å². The van der Waals surface area contributed by atoms with Crippen LogP contribution in [0.2, 0.25) is 0 Å². The number of hydrogen-bond donors (Lipinski definition) is 1. The molecule has 1 aromatic carbocycles. The lowest BCUT2D eigenvalue weighted by Crippen LogP contribution is -2.09. The summed E-state index contributed by atoms with van der Waals surface area (Å²) in [6, 6.07) is 3.78. The van der Waals surface area contributed by atoms with Crippen LogP contribution in [0.25, 0.3) is 0 Å². The zero-order chi connectivity index (χ0) is 15.0. The Morgan fingerprint density at radius 2 is 2.05 bits per heavy atom. The molecule has 1 atom stereocenters. The number of halogens is 1. The van der Waals surface area contributed by atoms with Gasteiger partial charge in [0.25, 0.3) is 0 Å². The number of benzene rings is 1. The quantitative estimate of drug-likeness (QED) is 0.683. The molecule has 0 amide bonds. The molecule has 0 spiro atoms. The van der Waals surface area contributed by atoms with Crippen molar-refractivity contribution in [2.24, 2.45) is 0 Å². The molecule has 0 bridgehead atoms. The van der Waals surface area contributed by atoms with Crippen LogP contribution in [0.4, 0.5) is 4.39 Å². The van der Waals surface area contributed by atoms with E-state index in [9.17, 15) is 9.18 Å². The number of carbonyl (C=O) groups is 1. The van der Waals surface area contributed by atoms with Crippen LogP contribution in [0, 0.1) is 5.82 Å². The van der Waals surface area contributed by atoms with Crippen molar-refractivity contribution in [1.29, 1.82) is 0 Å². The van der Waals surface area contributed by atoms with Crippen LogP contribution in [0.3, 0.4) is 0 Å². The third-order valence-electron chi connectivity index (χ3n) is 3.20. The fourth-order valence-electron chi connectivity index (χ4n) is 2.04. The molecular formula is C16H23FO3. The highest BCUT2D eigenvalue weighted by atomic mass is 19.1. The maximum atomic E-state index is 13.3. The van der Waals surface area contributed by atoms with E-state index in [1.807, 2.05) is 6.92 Å². The van der Waals surface area contributed by atoms with E-state index in [0.717, 1.165) is 18.9 Å². The monoisotopic (exact) mass is 282 g/mol. The molecule has 1 rings (SSSR count). The molecule has 0 radical (unpaired) electrons. The molecule has 1 unspecified atom stereocenters. The highest BCUT2D eigenvalue weighted by Gasteiger charge is 2.08. The number of carboxylic acids is 1. The molecule has 4 heteroatoms. The Balaban J connectivity index is 2.42. The Morgan fingerprint density at radius 3 is 2.70 bits per heavy atom. The lowest BCUT2D eigenvalue weighted by Gasteiger charge is -2.13. The first kappa shape index (κ1) is 16.6. The van der Waals surface area contributed by atoms with Crippen molar-refractivity contribution in [3.8, 4) is 0 Å². The predicted molar refractivity (Wildman–Crippen MR) is 76.4 cm³/mol. The van der Waals surface area contributed by atoms with Gasteiger partial charge in [0, 0.05) is 0 Å². The van der Waals surface area contributed by atoms with Crippen molar-refractivity contribution in [2.45, 2.75) is 58.7 Å². The second-order valence-corrected chi connectivity index (χ2v) is 5.12. The van der Waals surface area contributed by atoms with Crippen molar-refractivity contribution in [3.05, 3.63) is 35.1 Å². The summed E-state index contributed by atoms with van der Waals surface area (Å²) in [6.07, 6.45) is 5.84. The van der Waals surface area contributed by atoms with Gasteiger partial charge in [-0.3, -0.25) is 0 Å². The van der Waals surface area contributed by atoms with E-state index in [1.165, 1.54) is 31.4 Å². The molecule has 0 aromatic heterocycles. The van der Waals surface area contributed by atoms with Crippen LogP contribution in [0.15, 0.2) is 18.2 Å². The topological polar surface area (TPSA) is 46.5 Å². The van der Waals surface area contributed by atoms with Crippen LogP contribution in [0.5, 0.6) is 0 Å². The van der Waals surface area contributed by atoms with E-state index in [0.29, 0.717) is 5.56 Å². The fourth-order valence-corrected chi connectivity index (χ4v) is 2.04. The van der Waals surface area contributed by atoms with Gasteiger partial charge in [-0.15, -0.1) is 0 Å². The average molecular weight is 282 g/mol. The Hall–Kier alpha value is -1.42. The Morgan fingerprint density at radius 1 is 1.30 bits per heavy atom. The minimum Gasteiger partial charge on any atom is -0.478 e. The number of ether oxygens (including phenoxy) is 1. The Bertz CT molecular complexity index is 432. The SMILES string of the molecule is CCCCCCC(C)OCc1cc(F)cc(C(=O)O)c1. The normalized spacial score (nSPS) is 12.3. The van der Waals surface area contributed by atoms with Gasteiger partial charge in [-0.2, -0.15) is 0 Å². The van der Waals surface area contributed by atoms with Crippen LogP contribution in [-0.2, 0) is 11.3 Å². The summed E-state index contributed by atoms with van der Waals surface area (Å²) in [6.45, 7) is 4.40. The molecule has 1 aromatic rings. The average Bonchev–Trinajstić information content (AvgIpc) is 2.40. The summed E-state index contributed by atoms with van der Waals surface area (Å²) in [5.41, 5.74) is 0.516. The molecular weight excluding hydrogens is 259 g/mol. The molecule has 1 N–H and O–H groups in total. The van der Waals surface area contributed by atoms with Gasteiger partial charge in [0.1, 0.15) is 5.82 Å². The molecule has 0 saturated heterocycles. The summed E-state index contributed by atoms with van der Waals surface area (Å²) in [4.78, 5) is 10.8. The third kappa shape index (κ3) is 6.15. The predicted octanol–water partition coefficient (Wildman–Crippen LogP) is 4.40. The van der Waals surface area contributed by atoms with Gasteiger partial charge < -0.3 is 9.84 Å². The third-order valence-corrected chi connectivity index (χ3v) is 3.20. The van der Waals surface area contributed by atoms with Gasteiger partial charge in [-0.05, 0) is 37.1 Å². The first-order valence-corrected chi connectivity index (χ1v) is 7.17. The minimum atomic E-state index is -1.13. The van der Waals surface area contributed by atoms with E-state index in [1.54, 1.807) is 0 Å². The highest BCUT2D eigenvalue weighted by molar-refractivity contribution is 5.87. The van der Waals surface area contributed by atoms with Gasteiger partial charge in [0.15, 0.2) is 0 Å². The second-order valence-electron chi connectivity index (χ2n) is 5.12. The molecule has 112 valence electrons. The summed E-state index contributed by atoms with van der Waals surface area (Å²) < 4.78 is 18.9. The molecule has 0 aliphatic rings. The maximum absolute atomic E-state index is 13.3. The minimum absolute atomic E-state index is 0.0424. The number of carboxylic acid groups (broad SMARTS) is 1. The Labute approximate surface area is 119 Å².